The highest BCUT2D eigenvalue weighted by atomic mass is 15.5. The minimum atomic E-state index is 0.631. The van der Waals surface area contributed by atoms with E-state index in [2.05, 4.69) is 22.4 Å². The minimum absolute atomic E-state index is 0.631. The van der Waals surface area contributed by atoms with Crippen molar-refractivity contribution in [3.05, 3.63) is 18.2 Å². The lowest BCUT2D eigenvalue weighted by Crippen LogP contribution is -2.19. The Bertz CT molecular complexity index is 592. The third-order valence-corrected chi connectivity index (χ3v) is 4.33. The summed E-state index contributed by atoms with van der Waals surface area (Å²) in [5, 5.41) is 12.1. The molecule has 4 N–H and O–H groups in total. The van der Waals surface area contributed by atoms with Crippen molar-refractivity contribution in [2.45, 2.75) is 39.2 Å². The van der Waals surface area contributed by atoms with Gasteiger partial charge in [-0.05, 0) is 53.3 Å². The maximum Gasteiger partial charge on any atom is 0.182 e. The van der Waals surface area contributed by atoms with E-state index >= 15 is 0 Å². The first-order chi connectivity index (χ1) is 10.1. The topological polar surface area (TPSA) is 95.6 Å². The van der Waals surface area contributed by atoms with Crippen LogP contribution in [0.15, 0.2) is 18.2 Å². The Morgan fingerprint density at radius 2 is 1.76 bits per heavy atom. The zero-order valence-corrected chi connectivity index (χ0v) is 12.4. The lowest BCUT2D eigenvalue weighted by molar-refractivity contribution is 0.257. The van der Waals surface area contributed by atoms with Gasteiger partial charge < -0.3 is 11.5 Å². The molecule has 0 atom stereocenters. The lowest BCUT2D eigenvalue weighted by Gasteiger charge is -2.26. The quantitative estimate of drug-likeness (QED) is 0.844. The standard InChI is InChI=1S/C15H22N6/c1-10-2-4-11(5-3-10)9-21-15(18-19-20-21)12-6-13(16)8-14(17)7-12/h6-8,10-11H,2-5,9,16-17H2,1H3. The van der Waals surface area contributed by atoms with Crippen molar-refractivity contribution in [2.24, 2.45) is 11.8 Å². The largest absolute Gasteiger partial charge is 0.399 e. The van der Waals surface area contributed by atoms with Crippen LogP contribution in [0.2, 0.25) is 0 Å². The molecule has 1 aliphatic carbocycles. The van der Waals surface area contributed by atoms with E-state index < -0.39 is 0 Å². The number of nitrogen functional groups attached to an aromatic ring is 2. The van der Waals surface area contributed by atoms with Gasteiger partial charge in [-0.3, -0.25) is 0 Å². The SMILES string of the molecule is CC1CCC(Cn2nnnc2-c2cc(N)cc(N)c2)CC1. The molecule has 0 bridgehead atoms. The molecule has 0 amide bonds. The van der Waals surface area contributed by atoms with E-state index in [0.717, 1.165) is 23.9 Å². The van der Waals surface area contributed by atoms with Crippen LogP contribution in [0.5, 0.6) is 0 Å². The van der Waals surface area contributed by atoms with Gasteiger partial charge in [0.2, 0.25) is 0 Å². The molecular formula is C15H22N6. The predicted molar refractivity (Wildman–Crippen MR) is 83.2 cm³/mol. The van der Waals surface area contributed by atoms with Gasteiger partial charge in [-0.15, -0.1) is 5.10 Å². The Morgan fingerprint density at radius 1 is 1.10 bits per heavy atom. The van der Waals surface area contributed by atoms with Gasteiger partial charge in [0.25, 0.3) is 0 Å². The second-order valence-electron chi connectivity index (χ2n) is 6.20. The summed E-state index contributed by atoms with van der Waals surface area (Å²) in [4.78, 5) is 0. The second kappa shape index (κ2) is 5.71. The molecule has 0 aliphatic heterocycles. The summed E-state index contributed by atoms with van der Waals surface area (Å²) in [5.74, 6) is 2.25. The number of tetrazole rings is 1. The smallest absolute Gasteiger partial charge is 0.182 e. The number of benzene rings is 1. The van der Waals surface area contributed by atoms with Crippen LogP contribution in [0.25, 0.3) is 11.4 Å². The fourth-order valence-corrected chi connectivity index (χ4v) is 3.10. The van der Waals surface area contributed by atoms with E-state index in [9.17, 15) is 0 Å². The zero-order chi connectivity index (χ0) is 14.8. The highest BCUT2D eigenvalue weighted by Gasteiger charge is 2.20. The second-order valence-corrected chi connectivity index (χ2v) is 6.20. The summed E-state index contributed by atoms with van der Waals surface area (Å²) in [6, 6.07) is 5.46. The molecule has 0 saturated heterocycles. The van der Waals surface area contributed by atoms with Crippen LogP contribution >= 0.6 is 0 Å². The molecule has 2 aromatic rings. The van der Waals surface area contributed by atoms with Crippen LogP contribution in [0.1, 0.15) is 32.6 Å². The average molecular weight is 286 g/mol. The molecule has 1 aromatic carbocycles. The zero-order valence-electron chi connectivity index (χ0n) is 12.4. The number of aromatic nitrogens is 4. The lowest BCUT2D eigenvalue weighted by atomic mass is 9.83. The van der Waals surface area contributed by atoms with Gasteiger partial charge >= 0.3 is 0 Å². The number of nitrogens with two attached hydrogens (primary N) is 2. The van der Waals surface area contributed by atoms with Gasteiger partial charge in [0.15, 0.2) is 5.82 Å². The molecule has 0 unspecified atom stereocenters. The van der Waals surface area contributed by atoms with Crippen molar-refractivity contribution >= 4 is 11.4 Å². The molecule has 6 heteroatoms. The Hall–Kier alpha value is -2.11. The van der Waals surface area contributed by atoms with Gasteiger partial charge in [-0.25, -0.2) is 4.68 Å². The number of hydrogen-bond acceptors (Lipinski definition) is 5. The van der Waals surface area contributed by atoms with Crippen LogP contribution in [-0.4, -0.2) is 20.2 Å². The highest BCUT2D eigenvalue weighted by molar-refractivity contribution is 5.67. The van der Waals surface area contributed by atoms with E-state index in [1.165, 1.54) is 25.7 Å². The van der Waals surface area contributed by atoms with E-state index in [-0.39, 0.29) is 0 Å². The van der Waals surface area contributed by atoms with Crippen molar-refractivity contribution in [3.63, 3.8) is 0 Å². The summed E-state index contributed by atoms with van der Waals surface area (Å²) < 4.78 is 1.88. The van der Waals surface area contributed by atoms with E-state index in [0.29, 0.717) is 17.3 Å². The van der Waals surface area contributed by atoms with Crippen LogP contribution in [-0.2, 0) is 6.54 Å². The first-order valence-electron chi connectivity index (χ1n) is 7.54. The van der Waals surface area contributed by atoms with Crippen LogP contribution in [0, 0.1) is 11.8 Å². The van der Waals surface area contributed by atoms with Gasteiger partial charge in [0.05, 0.1) is 0 Å². The van der Waals surface area contributed by atoms with Crippen LogP contribution < -0.4 is 11.5 Å². The molecule has 1 heterocycles. The summed E-state index contributed by atoms with van der Waals surface area (Å²) in [5.41, 5.74) is 13.9. The molecule has 1 fully saturated rings. The molecule has 3 rings (SSSR count). The molecule has 1 saturated carbocycles. The minimum Gasteiger partial charge on any atom is -0.399 e. The Kier molecular flexibility index (Phi) is 3.77. The number of nitrogens with zero attached hydrogens (tertiary/aromatic N) is 4. The van der Waals surface area contributed by atoms with Crippen molar-refractivity contribution < 1.29 is 0 Å². The van der Waals surface area contributed by atoms with Crippen molar-refractivity contribution in [1.82, 2.24) is 20.2 Å². The van der Waals surface area contributed by atoms with Gasteiger partial charge in [0, 0.05) is 23.5 Å². The van der Waals surface area contributed by atoms with Crippen molar-refractivity contribution in [3.8, 4) is 11.4 Å². The predicted octanol–water partition coefficient (Wildman–Crippen LogP) is 2.33. The molecule has 112 valence electrons. The van der Waals surface area contributed by atoms with Crippen molar-refractivity contribution in [2.75, 3.05) is 11.5 Å². The molecular weight excluding hydrogens is 264 g/mol. The van der Waals surface area contributed by atoms with E-state index in [1.54, 1.807) is 6.07 Å². The van der Waals surface area contributed by atoms with Crippen LogP contribution in [0.4, 0.5) is 11.4 Å². The number of anilines is 2. The molecule has 0 spiro atoms. The molecule has 6 nitrogen and oxygen atoms in total. The molecule has 1 aliphatic rings. The van der Waals surface area contributed by atoms with Crippen molar-refractivity contribution in [1.29, 1.82) is 0 Å². The molecule has 1 aromatic heterocycles. The summed E-state index contributed by atoms with van der Waals surface area (Å²) in [6.07, 6.45) is 5.10. The van der Waals surface area contributed by atoms with Gasteiger partial charge in [-0.1, -0.05) is 19.8 Å². The first-order valence-corrected chi connectivity index (χ1v) is 7.54. The summed E-state index contributed by atoms with van der Waals surface area (Å²) >= 11 is 0. The monoisotopic (exact) mass is 286 g/mol. The highest BCUT2D eigenvalue weighted by Crippen LogP contribution is 2.30. The molecule has 21 heavy (non-hydrogen) atoms. The van der Waals surface area contributed by atoms with Gasteiger partial charge in [0.1, 0.15) is 0 Å². The number of rotatable bonds is 3. The summed E-state index contributed by atoms with van der Waals surface area (Å²) in [7, 11) is 0. The Labute approximate surface area is 124 Å². The fraction of sp³-hybridized carbons (Fsp3) is 0.533. The van der Waals surface area contributed by atoms with E-state index in [1.807, 2.05) is 16.8 Å². The first kappa shape index (κ1) is 13.9. The summed E-state index contributed by atoms with van der Waals surface area (Å²) in [6.45, 7) is 3.19. The third kappa shape index (κ3) is 3.15. The normalized spacial score (nSPS) is 22.3. The fourth-order valence-electron chi connectivity index (χ4n) is 3.10. The third-order valence-electron chi connectivity index (χ3n) is 4.33. The average Bonchev–Trinajstić information content (AvgIpc) is 2.88. The van der Waals surface area contributed by atoms with Gasteiger partial charge in [-0.2, -0.15) is 0 Å². The Morgan fingerprint density at radius 3 is 2.43 bits per heavy atom. The number of hydrogen-bond donors (Lipinski definition) is 2. The molecule has 0 radical (unpaired) electrons. The van der Waals surface area contributed by atoms with Crippen LogP contribution in [0.3, 0.4) is 0 Å². The van der Waals surface area contributed by atoms with E-state index in [4.69, 9.17) is 11.5 Å². The maximum absolute atomic E-state index is 5.86. The Balaban J connectivity index is 1.80. The maximum atomic E-state index is 5.86.